The van der Waals surface area contributed by atoms with Crippen LogP contribution in [0.15, 0.2) is 33.4 Å². The minimum Gasteiger partial charge on any atom is -0.495 e. The minimum absolute atomic E-state index is 0.232. The van der Waals surface area contributed by atoms with E-state index in [9.17, 15) is 4.79 Å². The molecule has 0 radical (unpaired) electrons. The van der Waals surface area contributed by atoms with E-state index >= 15 is 0 Å². The van der Waals surface area contributed by atoms with Crippen LogP contribution in [0.3, 0.4) is 0 Å². The number of thiazole rings is 1. The Labute approximate surface area is 192 Å². The summed E-state index contributed by atoms with van der Waals surface area (Å²) in [6.45, 7) is 4.72. The molecule has 2 aromatic heterocycles. The van der Waals surface area contributed by atoms with Crippen LogP contribution in [0, 0.1) is 0 Å². The summed E-state index contributed by atoms with van der Waals surface area (Å²) in [4.78, 5) is 22.1. The van der Waals surface area contributed by atoms with Crippen molar-refractivity contribution in [1.29, 1.82) is 0 Å². The van der Waals surface area contributed by atoms with Crippen molar-refractivity contribution in [3.05, 3.63) is 34.7 Å². The van der Waals surface area contributed by atoms with Gasteiger partial charge in [0.05, 0.1) is 27.4 Å². The molecule has 0 unspecified atom stereocenters. The van der Waals surface area contributed by atoms with Gasteiger partial charge >= 0.3 is 0 Å². The van der Waals surface area contributed by atoms with E-state index in [1.165, 1.54) is 11.3 Å². The van der Waals surface area contributed by atoms with Crippen molar-refractivity contribution in [1.82, 2.24) is 9.88 Å². The number of methoxy groups -OCH3 is 2. The molecule has 8 nitrogen and oxygen atoms in total. The summed E-state index contributed by atoms with van der Waals surface area (Å²) in [6, 6.07) is 7.04. The summed E-state index contributed by atoms with van der Waals surface area (Å²) >= 11 is 4.68. The van der Waals surface area contributed by atoms with Crippen molar-refractivity contribution in [2.24, 2.45) is 0 Å². The van der Waals surface area contributed by atoms with Crippen LogP contribution in [0.2, 0.25) is 0 Å². The lowest BCUT2D eigenvalue weighted by Gasteiger charge is -2.27. The van der Waals surface area contributed by atoms with E-state index in [-0.39, 0.29) is 11.7 Å². The largest absolute Gasteiger partial charge is 0.495 e. The number of halogens is 1. The molecule has 3 aromatic rings. The zero-order valence-electron chi connectivity index (χ0n) is 17.4. The highest BCUT2D eigenvalue weighted by Crippen LogP contribution is 2.40. The number of ether oxygens (including phenoxy) is 3. The Morgan fingerprint density at radius 1 is 1.19 bits per heavy atom. The van der Waals surface area contributed by atoms with Gasteiger partial charge in [-0.2, -0.15) is 0 Å². The fraction of sp³-hybridized carbons (Fsp3) is 0.429. The van der Waals surface area contributed by atoms with E-state index in [0.717, 1.165) is 44.0 Å². The molecule has 0 atom stereocenters. The first-order chi connectivity index (χ1) is 15.1. The number of anilines is 1. The number of rotatable bonds is 8. The predicted molar refractivity (Wildman–Crippen MR) is 123 cm³/mol. The number of carbonyl (C=O) groups excluding carboxylic acids is 1. The monoisotopic (exact) mass is 509 g/mol. The number of benzene rings is 1. The van der Waals surface area contributed by atoms with Gasteiger partial charge in [0.25, 0.3) is 5.91 Å². The number of hydrogen-bond donors (Lipinski definition) is 0. The second-order valence-electron chi connectivity index (χ2n) is 7.01. The Morgan fingerprint density at radius 3 is 2.61 bits per heavy atom. The first-order valence-corrected chi connectivity index (χ1v) is 11.6. The third-order valence-corrected chi connectivity index (χ3v) is 6.64. The van der Waals surface area contributed by atoms with Gasteiger partial charge in [-0.1, -0.05) is 11.3 Å². The number of nitrogens with zero attached hydrogens (tertiary/aromatic N) is 3. The Kier molecular flexibility index (Phi) is 7.11. The van der Waals surface area contributed by atoms with Crippen LogP contribution < -0.4 is 14.4 Å². The summed E-state index contributed by atoms with van der Waals surface area (Å²) in [5.74, 6) is 1.36. The van der Waals surface area contributed by atoms with Gasteiger partial charge < -0.3 is 18.6 Å². The molecule has 0 bridgehead atoms. The van der Waals surface area contributed by atoms with Crippen molar-refractivity contribution in [2.45, 2.75) is 6.42 Å². The average Bonchev–Trinajstić information content (AvgIpc) is 3.43. The van der Waals surface area contributed by atoms with Crippen LogP contribution in [0.1, 0.15) is 17.0 Å². The van der Waals surface area contributed by atoms with Crippen molar-refractivity contribution >= 4 is 48.5 Å². The van der Waals surface area contributed by atoms with Gasteiger partial charge in [0, 0.05) is 26.2 Å². The number of hydrogen-bond acceptors (Lipinski definition) is 8. The molecule has 31 heavy (non-hydrogen) atoms. The van der Waals surface area contributed by atoms with Crippen molar-refractivity contribution in [3.63, 3.8) is 0 Å². The van der Waals surface area contributed by atoms with Gasteiger partial charge in [-0.25, -0.2) is 4.98 Å². The molecule has 1 aliphatic heterocycles. The fourth-order valence-electron chi connectivity index (χ4n) is 3.51. The molecule has 1 aromatic carbocycles. The van der Waals surface area contributed by atoms with E-state index in [2.05, 4.69) is 20.8 Å². The van der Waals surface area contributed by atoms with E-state index in [4.69, 9.17) is 23.6 Å². The Balaban J connectivity index is 1.63. The number of amides is 1. The van der Waals surface area contributed by atoms with Gasteiger partial charge in [0.2, 0.25) is 0 Å². The van der Waals surface area contributed by atoms with Crippen molar-refractivity contribution in [3.8, 4) is 11.5 Å². The fourth-order valence-corrected chi connectivity index (χ4v) is 4.92. The normalized spacial score (nSPS) is 14.7. The topological polar surface area (TPSA) is 77.3 Å². The molecule has 1 fully saturated rings. The van der Waals surface area contributed by atoms with Crippen LogP contribution in [0.25, 0.3) is 10.2 Å². The minimum atomic E-state index is -0.232. The van der Waals surface area contributed by atoms with Gasteiger partial charge in [-0.15, -0.1) is 0 Å². The van der Waals surface area contributed by atoms with E-state index in [1.54, 1.807) is 31.3 Å². The van der Waals surface area contributed by atoms with Crippen molar-refractivity contribution < 1.29 is 23.4 Å². The maximum atomic E-state index is 13.3. The Bertz CT molecular complexity index is 1010. The molecule has 166 valence electrons. The molecule has 1 saturated heterocycles. The second kappa shape index (κ2) is 9.99. The standard InChI is InChI=1S/C21H24BrN3O5S/c1-27-14-4-5-15(28-2)19-18(14)23-21(31-19)25(20(26)16-6-7-17(22)30-16)9-3-8-24-10-12-29-13-11-24/h4-7H,3,8-13H2,1-2H3. The smallest absolute Gasteiger partial charge is 0.295 e. The summed E-state index contributed by atoms with van der Waals surface area (Å²) < 4.78 is 23.3. The van der Waals surface area contributed by atoms with Crippen LogP contribution in [0.4, 0.5) is 5.13 Å². The lowest BCUT2D eigenvalue weighted by atomic mass is 10.3. The van der Waals surface area contributed by atoms with E-state index in [0.29, 0.717) is 33.4 Å². The molecule has 0 spiro atoms. The maximum Gasteiger partial charge on any atom is 0.295 e. The highest BCUT2D eigenvalue weighted by atomic mass is 79.9. The summed E-state index contributed by atoms with van der Waals surface area (Å²) in [5, 5.41) is 0.581. The van der Waals surface area contributed by atoms with Crippen LogP contribution >= 0.6 is 27.3 Å². The van der Waals surface area contributed by atoms with Gasteiger partial charge in [0.15, 0.2) is 15.6 Å². The molecule has 1 amide bonds. The van der Waals surface area contributed by atoms with E-state index in [1.807, 2.05) is 12.1 Å². The number of morpholine rings is 1. The van der Waals surface area contributed by atoms with Crippen LogP contribution in [0.5, 0.6) is 11.5 Å². The number of fused-ring (bicyclic) bond motifs is 1. The average molecular weight is 510 g/mol. The predicted octanol–water partition coefficient (Wildman–Crippen LogP) is 4.04. The van der Waals surface area contributed by atoms with Crippen LogP contribution in [-0.2, 0) is 4.74 Å². The summed E-state index contributed by atoms with van der Waals surface area (Å²) in [7, 11) is 3.22. The quantitative estimate of drug-likeness (QED) is 0.453. The zero-order valence-corrected chi connectivity index (χ0v) is 19.8. The first-order valence-electron chi connectivity index (χ1n) is 9.99. The highest BCUT2D eigenvalue weighted by Gasteiger charge is 2.26. The van der Waals surface area contributed by atoms with E-state index < -0.39 is 0 Å². The highest BCUT2D eigenvalue weighted by molar-refractivity contribution is 9.10. The molecular formula is C21H24BrN3O5S. The van der Waals surface area contributed by atoms with Gasteiger partial charge in [0.1, 0.15) is 21.7 Å². The summed E-state index contributed by atoms with van der Waals surface area (Å²) in [6.07, 6.45) is 0.803. The number of furan rings is 1. The molecule has 0 N–H and O–H groups in total. The SMILES string of the molecule is COc1ccc(OC)c2sc(N(CCCN3CCOCC3)C(=O)c3ccc(Br)o3)nc12. The molecule has 3 heterocycles. The second-order valence-corrected chi connectivity index (χ2v) is 8.77. The van der Waals surface area contributed by atoms with Gasteiger partial charge in [-0.05, 0) is 46.6 Å². The van der Waals surface area contributed by atoms with Crippen LogP contribution in [-0.4, -0.2) is 69.4 Å². The third kappa shape index (κ3) is 4.87. The first kappa shape index (κ1) is 22.1. The molecule has 4 rings (SSSR count). The Morgan fingerprint density at radius 2 is 1.94 bits per heavy atom. The molecule has 1 aliphatic rings. The lowest BCUT2D eigenvalue weighted by Crippen LogP contribution is -2.39. The third-order valence-electron chi connectivity index (χ3n) is 5.12. The number of carbonyl (C=O) groups is 1. The molecule has 0 aliphatic carbocycles. The maximum absolute atomic E-state index is 13.3. The van der Waals surface area contributed by atoms with Crippen molar-refractivity contribution in [2.75, 3.05) is 58.5 Å². The Hall–Kier alpha value is -2.14. The molecule has 0 saturated carbocycles. The summed E-state index contributed by atoms with van der Waals surface area (Å²) in [5.41, 5.74) is 0.674. The molecule has 10 heteroatoms. The lowest BCUT2D eigenvalue weighted by molar-refractivity contribution is 0.0376. The molecular weight excluding hydrogens is 486 g/mol. The zero-order chi connectivity index (χ0) is 21.8. The van der Waals surface area contributed by atoms with Gasteiger partial charge in [-0.3, -0.25) is 14.6 Å². The number of aromatic nitrogens is 1.